The number of hydrogen-bond donors (Lipinski definition) is 1. The van der Waals surface area contributed by atoms with Crippen LogP contribution in [0.5, 0.6) is 0 Å². The van der Waals surface area contributed by atoms with Crippen LogP contribution in [0.4, 0.5) is 18.9 Å². The van der Waals surface area contributed by atoms with Gasteiger partial charge in [-0.3, -0.25) is 0 Å². The normalized spacial score (nSPS) is 17.8. The van der Waals surface area contributed by atoms with Gasteiger partial charge in [0.05, 0.1) is 10.6 Å². The summed E-state index contributed by atoms with van der Waals surface area (Å²) < 4.78 is 60.9. The van der Waals surface area contributed by atoms with Crippen molar-refractivity contribution in [2.24, 2.45) is 5.41 Å². The molecule has 0 spiro atoms. The van der Waals surface area contributed by atoms with E-state index in [1.807, 2.05) is 6.92 Å². The first kappa shape index (κ1) is 15.2. The number of hydrogen-bond acceptors (Lipinski definition) is 3. The van der Waals surface area contributed by atoms with Crippen LogP contribution < -0.4 is 5.32 Å². The molecule has 20 heavy (non-hydrogen) atoms. The summed E-state index contributed by atoms with van der Waals surface area (Å²) in [7, 11) is -5.32. The Morgan fingerprint density at radius 2 is 1.85 bits per heavy atom. The minimum absolute atomic E-state index is 0.0181. The first-order valence-electron chi connectivity index (χ1n) is 6.36. The lowest BCUT2D eigenvalue weighted by molar-refractivity contribution is -0.0435. The molecule has 2 rings (SSSR count). The summed E-state index contributed by atoms with van der Waals surface area (Å²) in [6, 6.07) is 5.15. The molecule has 3 nitrogen and oxygen atoms in total. The summed E-state index contributed by atoms with van der Waals surface area (Å²) in [4.78, 5) is -0.709. The molecule has 7 heteroatoms. The van der Waals surface area contributed by atoms with Crippen molar-refractivity contribution in [1.82, 2.24) is 0 Å². The number of nitrogens with one attached hydrogen (secondary N) is 1. The van der Waals surface area contributed by atoms with Gasteiger partial charge in [0, 0.05) is 6.54 Å². The van der Waals surface area contributed by atoms with Crippen LogP contribution >= 0.6 is 0 Å². The molecule has 1 aliphatic rings. The maximum atomic E-state index is 12.6. The Kier molecular flexibility index (Phi) is 3.75. The molecule has 0 amide bonds. The van der Waals surface area contributed by atoms with Crippen molar-refractivity contribution in [3.05, 3.63) is 24.3 Å². The molecule has 1 N–H and O–H groups in total. The predicted octanol–water partition coefficient (Wildman–Crippen LogP) is 3.58. The van der Waals surface area contributed by atoms with E-state index in [4.69, 9.17) is 0 Å². The van der Waals surface area contributed by atoms with Crippen LogP contribution in [-0.4, -0.2) is 20.5 Å². The number of alkyl halides is 3. The molecule has 112 valence electrons. The third-order valence-electron chi connectivity index (χ3n) is 3.84. The average Bonchev–Trinajstić information content (AvgIpc) is 3.16. The van der Waals surface area contributed by atoms with Crippen LogP contribution in [-0.2, 0) is 9.84 Å². The molecule has 0 saturated heterocycles. The van der Waals surface area contributed by atoms with Crippen molar-refractivity contribution in [1.29, 1.82) is 0 Å². The maximum absolute atomic E-state index is 12.6. The second-order valence-corrected chi connectivity index (χ2v) is 7.06. The smallest absolute Gasteiger partial charge is 0.383 e. The van der Waals surface area contributed by atoms with Crippen LogP contribution in [0.1, 0.15) is 26.2 Å². The fraction of sp³-hybridized carbons (Fsp3) is 0.538. The van der Waals surface area contributed by atoms with Crippen molar-refractivity contribution < 1.29 is 21.6 Å². The van der Waals surface area contributed by atoms with Crippen LogP contribution in [0.25, 0.3) is 0 Å². The van der Waals surface area contributed by atoms with Gasteiger partial charge in [0.2, 0.25) is 0 Å². The Morgan fingerprint density at radius 1 is 1.25 bits per heavy atom. The third kappa shape index (κ3) is 2.77. The van der Waals surface area contributed by atoms with E-state index in [1.165, 1.54) is 18.2 Å². The first-order chi connectivity index (χ1) is 9.22. The number of rotatable bonds is 5. The molecule has 0 bridgehead atoms. The number of halogens is 3. The van der Waals surface area contributed by atoms with E-state index >= 15 is 0 Å². The van der Waals surface area contributed by atoms with Crippen LogP contribution in [0.3, 0.4) is 0 Å². The number of benzene rings is 1. The number of sulfone groups is 1. The van der Waals surface area contributed by atoms with Crippen molar-refractivity contribution >= 4 is 15.5 Å². The molecule has 0 atom stereocenters. The fourth-order valence-corrected chi connectivity index (χ4v) is 3.02. The van der Waals surface area contributed by atoms with Gasteiger partial charge < -0.3 is 5.32 Å². The van der Waals surface area contributed by atoms with E-state index in [1.54, 1.807) is 0 Å². The highest BCUT2D eigenvalue weighted by Crippen LogP contribution is 2.48. The zero-order chi connectivity index (χ0) is 15.0. The summed E-state index contributed by atoms with van der Waals surface area (Å²) in [5.74, 6) is 0. The molecular formula is C13H16F3NO2S. The molecule has 1 aromatic carbocycles. The number of para-hydroxylation sites is 1. The quantitative estimate of drug-likeness (QED) is 0.904. The van der Waals surface area contributed by atoms with Gasteiger partial charge >= 0.3 is 5.51 Å². The van der Waals surface area contributed by atoms with Crippen molar-refractivity contribution in [3.63, 3.8) is 0 Å². The Labute approximate surface area is 116 Å². The Hall–Kier alpha value is -1.24. The minimum Gasteiger partial charge on any atom is -0.383 e. The SMILES string of the molecule is CCC1(CNc2ccccc2S(=O)(=O)C(F)(F)F)CC1. The molecule has 1 aromatic rings. The second-order valence-electron chi connectivity index (χ2n) is 5.15. The monoisotopic (exact) mass is 307 g/mol. The predicted molar refractivity (Wildman–Crippen MR) is 70.1 cm³/mol. The highest BCUT2D eigenvalue weighted by Gasteiger charge is 2.48. The van der Waals surface area contributed by atoms with Gasteiger partial charge in [-0.05, 0) is 36.8 Å². The first-order valence-corrected chi connectivity index (χ1v) is 7.84. The summed E-state index contributed by atoms with van der Waals surface area (Å²) in [5, 5.41) is 2.87. The molecular weight excluding hydrogens is 291 g/mol. The van der Waals surface area contributed by atoms with E-state index in [0.29, 0.717) is 6.54 Å². The molecule has 0 aromatic heterocycles. The highest BCUT2D eigenvalue weighted by atomic mass is 32.2. The van der Waals surface area contributed by atoms with E-state index < -0.39 is 20.2 Å². The van der Waals surface area contributed by atoms with E-state index in [-0.39, 0.29) is 11.1 Å². The van der Waals surface area contributed by atoms with Gasteiger partial charge in [-0.2, -0.15) is 13.2 Å². The van der Waals surface area contributed by atoms with E-state index in [9.17, 15) is 21.6 Å². The van der Waals surface area contributed by atoms with Gasteiger partial charge in [-0.1, -0.05) is 19.1 Å². The molecule has 1 fully saturated rings. The van der Waals surface area contributed by atoms with Crippen LogP contribution in [0, 0.1) is 5.41 Å². The van der Waals surface area contributed by atoms with E-state index in [0.717, 1.165) is 25.3 Å². The molecule has 0 radical (unpaired) electrons. The van der Waals surface area contributed by atoms with Gasteiger partial charge in [0.25, 0.3) is 9.84 Å². The van der Waals surface area contributed by atoms with Crippen molar-refractivity contribution in [2.75, 3.05) is 11.9 Å². The highest BCUT2D eigenvalue weighted by molar-refractivity contribution is 7.92. The summed E-state index contributed by atoms with van der Waals surface area (Å²) in [6.45, 7) is 2.51. The summed E-state index contributed by atoms with van der Waals surface area (Å²) in [6.07, 6.45) is 2.96. The zero-order valence-corrected chi connectivity index (χ0v) is 11.8. The Morgan fingerprint density at radius 3 is 2.35 bits per heavy atom. The largest absolute Gasteiger partial charge is 0.501 e. The molecule has 1 aliphatic carbocycles. The zero-order valence-electron chi connectivity index (χ0n) is 11.0. The molecule has 0 heterocycles. The minimum atomic E-state index is -5.32. The number of anilines is 1. The topological polar surface area (TPSA) is 46.2 Å². The van der Waals surface area contributed by atoms with Crippen LogP contribution in [0.2, 0.25) is 0 Å². The lowest BCUT2D eigenvalue weighted by Crippen LogP contribution is -2.25. The summed E-state index contributed by atoms with van der Waals surface area (Å²) in [5.41, 5.74) is -5.16. The van der Waals surface area contributed by atoms with Gasteiger partial charge in [0.1, 0.15) is 0 Å². The lowest BCUT2D eigenvalue weighted by atomic mass is 10.0. The molecule has 1 saturated carbocycles. The van der Waals surface area contributed by atoms with Crippen molar-refractivity contribution in [2.45, 2.75) is 36.6 Å². The average molecular weight is 307 g/mol. The van der Waals surface area contributed by atoms with Crippen LogP contribution in [0.15, 0.2) is 29.2 Å². The van der Waals surface area contributed by atoms with Gasteiger partial charge in [-0.25, -0.2) is 8.42 Å². The Bertz CT molecular complexity index is 592. The standard InChI is InChI=1S/C13H16F3NO2S/c1-2-12(7-8-12)9-17-10-5-3-4-6-11(10)20(18,19)13(14,15)16/h3-6,17H,2,7-9H2,1H3. The fourth-order valence-electron chi connectivity index (χ4n) is 2.09. The van der Waals surface area contributed by atoms with Gasteiger partial charge in [-0.15, -0.1) is 0 Å². The third-order valence-corrected chi connectivity index (χ3v) is 5.39. The maximum Gasteiger partial charge on any atom is 0.501 e. The van der Waals surface area contributed by atoms with Gasteiger partial charge in [0.15, 0.2) is 0 Å². The van der Waals surface area contributed by atoms with Crippen molar-refractivity contribution in [3.8, 4) is 0 Å². The lowest BCUT2D eigenvalue weighted by Gasteiger charge is -2.17. The molecule has 0 aliphatic heterocycles. The molecule has 0 unspecified atom stereocenters. The summed E-state index contributed by atoms with van der Waals surface area (Å²) >= 11 is 0. The Balaban J connectivity index is 2.27. The second kappa shape index (κ2) is 4.95. The van der Waals surface area contributed by atoms with E-state index in [2.05, 4.69) is 5.32 Å².